The third kappa shape index (κ3) is 5.56. The molecule has 0 saturated carbocycles. The second-order valence-corrected chi connectivity index (χ2v) is 7.34. The van der Waals surface area contributed by atoms with Gasteiger partial charge in [-0.15, -0.1) is 0 Å². The average molecular weight is 363 g/mol. The van der Waals surface area contributed by atoms with Crippen LogP contribution in [0.25, 0.3) is 0 Å². The van der Waals surface area contributed by atoms with Gasteiger partial charge in [-0.2, -0.15) is 0 Å². The Morgan fingerprint density at radius 1 is 1.12 bits per heavy atom. The van der Waals surface area contributed by atoms with Gasteiger partial charge in [0.05, 0.1) is 18.8 Å². The summed E-state index contributed by atoms with van der Waals surface area (Å²) >= 11 is 0. The number of esters is 1. The van der Waals surface area contributed by atoms with Gasteiger partial charge >= 0.3 is 5.97 Å². The zero-order valence-electron chi connectivity index (χ0n) is 16.9. The lowest BCUT2D eigenvalue weighted by atomic mass is 9.86. The predicted molar refractivity (Wildman–Crippen MR) is 103 cm³/mol. The van der Waals surface area contributed by atoms with Gasteiger partial charge in [0.15, 0.2) is 0 Å². The van der Waals surface area contributed by atoms with Crippen LogP contribution in [0.2, 0.25) is 0 Å². The molecule has 0 aromatic heterocycles. The third-order valence-electron chi connectivity index (χ3n) is 4.94. The van der Waals surface area contributed by atoms with E-state index < -0.39 is 5.97 Å². The number of hydrogen-bond acceptors (Lipinski definition) is 4. The van der Waals surface area contributed by atoms with Gasteiger partial charge in [0.2, 0.25) is 0 Å². The first-order chi connectivity index (χ1) is 12.2. The van der Waals surface area contributed by atoms with Crippen LogP contribution in [-0.2, 0) is 4.74 Å². The average Bonchev–Trinajstić information content (AvgIpc) is 2.58. The van der Waals surface area contributed by atoms with Crippen molar-refractivity contribution < 1.29 is 19.4 Å². The molecule has 1 rings (SSSR count). The van der Waals surface area contributed by atoms with Gasteiger partial charge in [-0.1, -0.05) is 33.8 Å². The minimum Gasteiger partial charge on any atom is -0.462 e. The molecule has 146 valence electrons. The van der Waals surface area contributed by atoms with E-state index in [4.69, 9.17) is 9.84 Å². The van der Waals surface area contributed by atoms with Gasteiger partial charge in [-0.05, 0) is 49.3 Å². The first-order valence-electron chi connectivity index (χ1n) is 9.41. The SMILES string of the molecule is CCN(CCO)C(=O)c1cccc(C(=O)OCC(C(C)C)C(C)C)c1C. The molecule has 1 N–H and O–H groups in total. The van der Waals surface area contributed by atoms with E-state index in [9.17, 15) is 9.59 Å². The lowest BCUT2D eigenvalue weighted by Crippen LogP contribution is -2.34. The molecular weight excluding hydrogens is 330 g/mol. The molecule has 0 radical (unpaired) electrons. The van der Waals surface area contributed by atoms with Gasteiger partial charge in [-0.3, -0.25) is 4.79 Å². The number of carbonyl (C=O) groups is 2. The minimum atomic E-state index is -0.395. The van der Waals surface area contributed by atoms with E-state index in [1.165, 1.54) is 0 Å². The Morgan fingerprint density at radius 3 is 2.19 bits per heavy atom. The molecular formula is C21H33NO4. The first-order valence-corrected chi connectivity index (χ1v) is 9.41. The van der Waals surface area contributed by atoms with Crippen molar-refractivity contribution in [3.8, 4) is 0 Å². The molecule has 0 spiro atoms. The van der Waals surface area contributed by atoms with Crippen LogP contribution in [-0.4, -0.2) is 48.2 Å². The number of rotatable bonds is 9. The van der Waals surface area contributed by atoms with Crippen molar-refractivity contribution in [2.24, 2.45) is 17.8 Å². The van der Waals surface area contributed by atoms with Crippen LogP contribution in [0.1, 0.15) is 60.9 Å². The topological polar surface area (TPSA) is 66.8 Å². The minimum absolute atomic E-state index is 0.0911. The molecule has 1 aromatic rings. The maximum atomic E-state index is 12.7. The summed E-state index contributed by atoms with van der Waals surface area (Å²) in [6, 6.07) is 5.10. The Kier molecular flexibility index (Phi) is 8.79. The molecule has 5 heteroatoms. The largest absolute Gasteiger partial charge is 0.462 e. The Hall–Kier alpha value is -1.88. The molecule has 0 atom stereocenters. The fourth-order valence-corrected chi connectivity index (χ4v) is 3.19. The summed E-state index contributed by atoms with van der Waals surface area (Å²) in [6.07, 6.45) is 0. The highest BCUT2D eigenvalue weighted by molar-refractivity contribution is 6.00. The first kappa shape index (κ1) is 22.2. The molecule has 0 bridgehead atoms. The van der Waals surface area contributed by atoms with Crippen LogP contribution >= 0.6 is 0 Å². The summed E-state index contributed by atoms with van der Waals surface area (Å²) in [4.78, 5) is 26.8. The van der Waals surface area contributed by atoms with E-state index in [-0.39, 0.29) is 19.1 Å². The molecule has 5 nitrogen and oxygen atoms in total. The van der Waals surface area contributed by atoms with E-state index in [0.29, 0.717) is 47.6 Å². The van der Waals surface area contributed by atoms with E-state index in [1.54, 1.807) is 30.0 Å². The standard InChI is InChI=1S/C21H33NO4/c1-7-22(11-12-23)20(24)17-9-8-10-18(16(17)6)21(25)26-13-19(14(2)3)15(4)5/h8-10,14-15,19,23H,7,11-13H2,1-6H3. The lowest BCUT2D eigenvalue weighted by molar-refractivity contribution is 0.0353. The molecule has 1 aromatic carbocycles. The zero-order chi connectivity index (χ0) is 19.9. The number of amides is 1. The fourth-order valence-electron chi connectivity index (χ4n) is 3.19. The summed E-state index contributed by atoms with van der Waals surface area (Å²) in [6.45, 7) is 13.2. The molecule has 26 heavy (non-hydrogen) atoms. The monoisotopic (exact) mass is 363 g/mol. The third-order valence-corrected chi connectivity index (χ3v) is 4.94. The van der Waals surface area contributed by atoms with Crippen molar-refractivity contribution in [3.63, 3.8) is 0 Å². The number of nitrogens with zero attached hydrogens (tertiary/aromatic N) is 1. The Balaban J connectivity index is 2.98. The number of ether oxygens (including phenoxy) is 1. The van der Waals surface area contributed by atoms with Crippen molar-refractivity contribution >= 4 is 11.9 Å². The fraction of sp³-hybridized carbons (Fsp3) is 0.619. The smallest absolute Gasteiger partial charge is 0.338 e. The molecule has 0 saturated heterocycles. The van der Waals surface area contributed by atoms with Gasteiger partial charge in [0, 0.05) is 18.7 Å². The molecule has 0 aliphatic heterocycles. The number of hydrogen-bond donors (Lipinski definition) is 1. The molecule has 0 unspecified atom stereocenters. The molecule has 1 amide bonds. The van der Waals surface area contributed by atoms with Gasteiger partial charge in [-0.25, -0.2) is 4.79 Å². The van der Waals surface area contributed by atoms with Crippen LogP contribution in [0.4, 0.5) is 0 Å². The maximum absolute atomic E-state index is 12.7. The Labute approximate surface area is 157 Å². The summed E-state index contributed by atoms with van der Waals surface area (Å²) in [5, 5.41) is 9.12. The summed E-state index contributed by atoms with van der Waals surface area (Å²) in [7, 11) is 0. The molecule has 0 fully saturated rings. The van der Waals surface area contributed by atoms with Gasteiger partial charge < -0.3 is 14.7 Å². The quantitative estimate of drug-likeness (QED) is 0.682. The number of carbonyl (C=O) groups excluding carboxylic acids is 2. The van der Waals surface area contributed by atoms with E-state index >= 15 is 0 Å². The number of aliphatic hydroxyl groups is 1. The number of benzene rings is 1. The highest BCUT2D eigenvalue weighted by Gasteiger charge is 2.23. The van der Waals surface area contributed by atoms with E-state index in [0.717, 1.165) is 0 Å². The zero-order valence-corrected chi connectivity index (χ0v) is 16.9. The second-order valence-electron chi connectivity index (χ2n) is 7.34. The number of likely N-dealkylation sites (N-methyl/N-ethyl adjacent to an activating group) is 1. The highest BCUT2D eigenvalue weighted by atomic mass is 16.5. The van der Waals surface area contributed by atoms with Gasteiger partial charge in [0.1, 0.15) is 0 Å². The van der Waals surface area contributed by atoms with Crippen LogP contribution < -0.4 is 0 Å². The van der Waals surface area contributed by atoms with Crippen molar-refractivity contribution in [2.45, 2.75) is 41.5 Å². The van der Waals surface area contributed by atoms with Crippen molar-refractivity contribution in [3.05, 3.63) is 34.9 Å². The Morgan fingerprint density at radius 2 is 1.69 bits per heavy atom. The van der Waals surface area contributed by atoms with Crippen LogP contribution in [0.15, 0.2) is 18.2 Å². The lowest BCUT2D eigenvalue weighted by Gasteiger charge is -2.24. The van der Waals surface area contributed by atoms with Gasteiger partial charge in [0.25, 0.3) is 5.91 Å². The highest BCUT2D eigenvalue weighted by Crippen LogP contribution is 2.22. The van der Waals surface area contributed by atoms with Crippen LogP contribution in [0, 0.1) is 24.7 Å². The van der Waals surface area contributed by atoms with Crippen LogP contribution in [0.3, 0.4) is 0 Å². The Bertz CT molecular complexity index is 602. The van der Waals surface area contributed by atoms with Crippen molar-refractivity contribution in [1.82, 2.24) is 4.90 Å². The van der Waals surface area contributed by atoms with Crippen LogP contribution in [0.5, 0.6) is 0 Å². The van der Waals surface area contributed by atoms with E-state index in [2.05, 4.69) is 27.7 Å². The van der Waals surface area contributed by atoms with Crippen molar-refractivity contribution in [1.29, 1.82) is 0 Å². The summed E-state index contributed by atoms with van der Waals surface area (Å²) in [5.41, 5.74) is 1.51. The number of aliphatic hydroxyl groups excluding tert-OH is 1. The second kappa shape index (κ2) is 10.3. The van der Waals surface area contributed by atoms with Crippen molar-refractivity contribution in [2.75, 3.05) is 26.3 Å². The summed E-state index contributed by atoms with van der Waals surface area (Å²) < 4.78 is 5.56. The van der Waals surface area contributed by atoms with E-state index in [1.807, 2.05) is 6.92 Å². The molecule has 0 aliphatic rings. The molecule has 0 aliphatic carbocycles. The normalized spacial score (nSPS) is 11.3. The predicted octanol–water partition coefficient (Wildman–Crippen LogP) is 3.53. The molecule has 0 heterocycles. The maximum Gasteiger partial charge on any atom is 0.338 e. The summed E-state index contributed by atoms with van der Waals surface area (Å²) in [5.74, 6) is 0.565.